The van der Waals surface area contributed by atoms with Crippen LogP contribution in [0.1, 0.15) is 5.56 Å². The van der Waals surface area contributed by atoms with Crippen molar-refractivity contribution in [3.05, 3.63) is 42.1 Å². The van der Waals surface area contributed by atoms with Gasteiger partial charge in [0, 0.05) is 5.56 Å². The third kappa shape index (κ3) is 1.76. The number of anilines is 1. The second kappa shape index (κ2) is 3.82. The molecule has 3 aromatic rings. The Labute approximate surface area is 103 Å². The monoisotopic (exact) mass is 241 g/mol. The van der Waals surface area contributed by atoms with E-state index in [4.69, 9.17) is 5.73 Å². The molecule has 0 aliphatic rings. The van der Waals surface area contributed by atoms with Crippen LogP contribution < -0.4 is 5.73 Å². The minimum absolute atomic E-state index is 0.587. The van der Waals surface area contributed by atoms with Crippen LogP contribution in [0.3, 0.4) is 0 Å². The van der Waals surface area contributed by atoms with Crippen molar-refractivity contribution in [3.8, 4) is 11.3 Å². The normalized spacial score (nSPS) is 10.9. The first-order chi connectivity index (χ1) is 8.24. The number of nitrogens with two attached hydrogens (primary N) is 1. The molecule has 0 spiro atoms. The SMILES string of the molecule is Cc1ccccc1-c1cc2sc(N)nc2cn1. The van der Waals surface area contributed by atoms with E-state index in [1.807, 2.05) is 18.2 Å². The van der Waals surface area contributed by atoms with Crippen molar-refractivity contribution >= 4 is 26.7 Å². The Kier molecular flexibility index (Phi) is 2.30. The molecule has 0 amide bonds. The molecular formula is C13H11N3S. The zero-order valence-electron chi connectivity index (χ0n) is 9.34. The molecule has 0 atom stereocenters. The molecule has 2 N–H and O–H groups in total. The summed E-state index contributed by atoms with van der Waals surface area (Å²) in [6.07, 6.45) is 1.78. The smallest absolute Gasteiger partial charge is 0.181 e. The molecule has 17 heavy (non-hydrogen) atoms. The van der Waals surface area contributed by atoms with Crippen LogP contribution in [0, 0.1) is 6.92 Å². The molecule has 3 nitrogen and oxygen atoms in total. The van der Waals surface area contributed by atoms with Crippen molar-refractivity contribution in [1.29, 1.82) is 0 Å². The van der Waals surface area contributed by atoms with Crippen LogP contribution in [-0.4, -0.2) is 9.97 Å². The van der Waals surface area contributed by atoms with E-state index in [0.717, 1.165) is 21.5 Å². The van der Waals surface area contributed by atoms with Crippen molar-refractivity contribution in [2.24, 2.45) is 0 Å². The van der Waals surface area contributed by atoms with Gasteiger partial charge < -0.3 is 5.73 Å². The number of benzene rings is 1. The number of pyridine rings is 1. The number of nitrogen functional groups attached to an aromatic ring is 1. The quantitative estimate of drug-likeness (QED) is 0.711. The number of nitrogens with zero attached hydrogens (tertiary/aromatic N) is 2. The molecule has 3 rings (SSSR count). The van der Waals surface area contributed by atoms with Gasteiger partial charge in [-0.05, 0) is 18.6 Å². The Balaban J connectivity index is 2.21. The number of aromatic nitrogens is 2. The lowest BCUT2D eigenvalue weighted by Crippen LogP contribution is -1.86. The lowest BCUT2D eigenvalue weighted by atomic mass is 10.1. The molecule has 0 fully saturated rings. The van der Waals surface area contributed by atoms with Crippen LogP contribution in [-0.2, 0) is 0 Å². The van der Waals surface area contributed by atoms with E-state index in [9.17, 15) is 0 Å². The predicted molar refractivity (Wildman–Crippen MR) is 72.0 cm³/mol. The van der Waals surface area contributed by atoms with Crippen molar-refractivity contribution in [1.82, 2.24) is 9.97 Å². The molecular weight excluding hydrogens is 230 g/mol. The summed E-state index contributed by atoms with van der Waals surface area (Å²) in [6, 6.07) is 10.3. The first kappa shape index (κ1) is 10.2. The maximum Gasteiger partial charge on any atom is 0.181 e. The molecule has 0 aliphatic carbocycles. The van der Waals surface area contributed by atoms with Crippen molar-refractivity contribution in [2.75, 3.05) is 5.73 Å². The first-order valence-electron chi connectivity index (χ1n) is 5.32. The zero-order chi connectivity index (χ0) is 11.8. The fourth-order valence-electron chi connectivity index (χ4n) is 1.86. The number of aryl methyl sites for hydroxylation is 1. The fourth-order valence-corrected chi connectivity index (χ4v) is 2.60. The minimum atomic E-state index is 0.587. The zero-order valence-corrected chi connectivity index (χ0v) is 10.2. The van der Waals surface area contributed by atoms with E-state index in [0.29, 0.717) is 5.13 Å². The van der Waals surface area contributed by atoms with E-state index in [2.05, 4.69) is 29.0 Å². The molecule has 4 heteroatoms. The summed E-state index contributed by atoms with van der Waals surface area (Å²) in [5.74, 6) is 0. The minimum Gasteiger partial charge on any atom is -0.375 e. The lowest BCUT2D eigenvalue weighted by Gasteiger charge is -2.03. The fraction of sp³-hybridized carbons (Fsp3) is 0.0769. The molecule has 2 heterocycles. The second-order valence-corrected chi connectivity index (χ2v) is 4.97. The Hall–Kier alpha value is -1.94. The van der Waals surface area contributed by atoms with Crippen LogP contribution in [0.2, 0.25) is 0 Å². The van der Waals surface area contributed by atoms with E-state index < -0.39 is 0 Å². The Bertz CT molecular complexity index is 688. The second-order valence-electron chi connectivity index (χ2n) is 3.90. The molecule has 0 unspecified atom stereocenters. The Morgan fingerprint density at radius 2 is 2.06 bits per heavy atom. The maximum atomic E-state index is 5.69. The molecule has 84 valence electrons. The molecule has 0 radical (unpaired) electrons. The number of rotatable bonds is 1. The number of hydrogen-bond donors (Lipinski definition) is 1. The van der Waals surface area contributed by atoms with Crippen LogP contribution in [0.15, 0.2) is 36.5 Å². The predicted octanol–water partition coefficient (Wildman–Crippen LogP) is 3.25. The summed E-state index contributed by atoms with van der Waals surface area (Å²) in [5, 5.41) is 0.587. The highest BCUT2D eigenvalue weighted by atomic mass is 32.1. The molecule has 1 aromatic carbocycles. The summed E-state index contributed by atoms with van der Waals surface area (Å²) in [6.45, 7) is 2.09. The lowest BCUT2D eigenvalue weighted by molar-refractivity contribution is 1.32. The van der Waals surface area contributed by atoms with Gasteiger partial charge in [0.05, 0.1) is 16.6 Å². The third-order valence-corrected chi connectivity index (χ3v) is 3.56. The van der Waals surface area contributed by atoms with Gasteiger partial charge in [-0.3, -0.25) is 4.98 Å². The molecule has 0 saturated carbocycles. The van der Waals surface area contributed by atoms with Gasteiger partial charge >= 0.3 is 0 Å². The highest BCUT2D eigenvalue weighted by molar-refractivity contribution is 7.22. The summed E-state index contributed by atoms with van der Waals surface area (Å²) in [5.41, 5.74) is 9.90. The van der Waals surface area contributed by atoms with Crippen LogP contribution in [0.5, 0.6) is 0 Å². The Morgan fingerprint density at radius 3 is 2.88 bits per heavy atom. The summed E-state index contributed by atoms with van der Waals surface area (Å²) >= 11 is 1.49. The van der Waals surface area contributed by atoms with Gasteiger partial charge in [-0.15, -0.1) is 0 Å². The molecule has 2 aromatic heterocycles. The van der Waals surface area contributed by atoms with Gasteiger partial charge in [0.15, 0.2) is 5.13 Å². The van der Waals surface area contributed by atoms with Crippen LogP contribution >= 0.6 is 11.3 Å². The summed E-state index contributed by atoms with van der Waals surface area (Å²) in [7, 11) is 0. The first-order valence-corrected chi connectivity index (χ1v) is 6.14. The average Bonchev–Trinajstić information content (AvgIpc) is 2.68. The van der Waals surface area contributed by atoms with Crippen molar-refractivity contribution in [2.45, 2.75) is 6.92 Å². The average molecular weight is 241 g/mol. The van der Waals surface area contributed by atoms with Crippen LogP contribution in [0.4, 0.5) is 5.13 Å². The Morgan fingerprint density at radius 1 is 1.24 bits per heavy atom. The molecule has 0 aliphatic heterocycles. The van der Waals surface area contributed by atoms with Gasteiger partial charge in [0.25, 0.3) is 0 Å². The van der Waals surface area contributed by atoms with Gasteiger partial charge in [-0.25, -0.2) is 4.98 Å². The van der Waals surface area contributed by atoms with Crippen molar-refractivity contribution in [3.63, 3.8) is 0 Å². The van der Waals surface area contributed by atoms with Crippen LogP contribution in [0.25, 0.3) is 21.5 Å². The van der Waals surface area contributed by atoms with Gasteiger partial charge in [-0.1, -0.05) is 35.6 Å². The number of fused-ring (bicyclic) bond motifs is 1. The van der Waals surface area contributed by atoms with E-state index >= 15 is 0 Å². The summed E-state index contributed by atoms with van der Waals surface area (Å²) in [4.78, 5) is 8.64. The number of hydrogen-bond acceptors (Lipinski definition) is 4. The maximum absolute atomic E-state index is 5.69. The third-order valence-electron chi connectivity index (χ3n) is 2.71. The van der Waals surface area contributed by atoms with Gasteiger partial charge in [0.2, 0.25) is 0 Å². The standard InChI is InChI=1S/C13H11N3S/c1-8-4-2-3-5-9(8)10-6-12-11(7-15-10)16-13(14)17-12/h2-7H,1H3,(H2,14,16). The topological polar surface area (TPSA) is 51.8 Å². The highest BCUT2D eigenvalue weighted by Crippen LogP contribution is 2.28. The summed E-state index contributed by atoms with van der Waals surface area (Å²) < 4.78 is 1.08. The largest absolute Gasteiger partial charge is 0.375 e. The van der Waals surface area contributed by atoms with E-state index in [-0.39, 0.29) is 0 Å². The van der Waals surface area contributed by atoms with Gasteiger partial charge in [0.1, 0.15) is 5.52 Å². The molecule has 0 bridgehead atoms. The number of thiazole rings is 1. The highest BCUT2D eigenvalue weighted by Gasteiger charge is 2.06. The van der Waals surface area contributed by atoms with Gasteiger partial charge in [-0.2, -0.15) is 0 Å². The van der Waals surface area contributed by atoms with E-state index in [1.165, 1.54) is 16.9 Å². The van der Waals surface area contributed by atoms with Crippen molar-refractivity contribution < 1.29 is 0 Å². The molecule has 0 saturated heterocycles. The van der Waals surface area contributed by atoms with E-state index in [1.54, 1.807) is 6.20 Å².